The second kappa shape index (κ2) is 6.79. The standard InChI is InChI=1S/C15H21N5O.ClH/c1-2-5-11(4-1)14-17-15(21-19-14)13-7-9-20(18-13)12-6-3-8-16-10-12;/h7,9,11-12,16H,1-6,8,10H2;1H. The molecule has 0 amide bonds. The van der Waals surface area contributed by atoms with Gasteiger partial charge in [-0.25, -0.2) is 0 Å². The van der Waals surface area contributed by atoms with E-state index in [0.29, 0.717) is 17.9 Å². The van der Waals surface area contributed by atoms with Gasteiger partial charge in [-0.3, -0.25) is 4.68 Å². The molecule has 6 nitrogen and oxygen atoms in total. The molecule has 2 aliphatic rings. The van der Waals surface area contributed by atoms with Crippen LogP contribution in [0.3, 0.4) is 0 Å². The minimum absolute atomic E-state index is 0. The number of halogens is 1. The van der Waals surface area contributed by atoms with Gasteiger partial charge < -0.3 is 9.84 Å². The smallest absolute Gasteiger partial charge is 0.278 e. The van der Waals surface area contributed by atoms with Crippen molar-refractivity contribution < 1.29 is 4.52 Å². The Morgan fingerprint density at radius 2 is 2.05 bits per heavy atom. The summed E-state index contributed by atoms with van der Waals surface area (Å²) in [5.74, 6) is 1.89. The fraction of sp³-hybridized carbons (Fsp3) is 0.667. The molecule has 1 saturated carbocycles. The monoisotopic (exact) mass is 323 g/mol. The normalized spacial score (nSPS) is 22.6. The highest BCUT2D eigenvalue weighted by Gasteiger charge is 2.24. The van der Waals surface area contributed by atoms with Crippen LogP contribution in [0, 0.1) is 0 Å². The van der Waals surface area contributed by atoms with Gasteiger partial charge in [-0.1, -0.05) is 18.0 Å². The van der Waals surface area contributed by atoms with Crippen molar-refractivity contribution in [1.29, 1.82) is 0 Å². The highest BCUT2D eigenvalue weighted by atomic mass is 35.5. The van der Waals surface area contributed by atoms with Crippen molar-refractivity contribution in [1.82, 2.24) is 25.2 Å². The van der Waals surface area contributed by atoms with E-state index in [9.17, 15) is 0 Å². The van der Waals surface area contributed by atoms with E-state index in [4.69, 9.17) is 4.52 Å². The maximum absolute atomic E-state index is 5.41. The van der Waals surface area contributed by atoms with Crippen molar-refractivity contribution in [2.45, 2.75) is 50.5 Å². The van der Waals surface area contributed by atoms with Crippen LogP contribution in [0.2, 0.25) is 0 Å². The summed E-state index contributed by atoms with van der Waals surface area (Å²) in [6.07, 6.45) is 9.31. The Labute approximate surface area is 136 Å². The molecule has 2 aromatic heterocycles. The minimum atomic E-state index is 0. The third kappa shape index (κ3) is 3.03. The Balaban J connectivity index is 0.00000144. The first kappa shape index (κ1) is 15.5. The molecule has 0 aromatic carbocycles. The lowest BCUT2D eigenvalue weighted by atomic mass is 10.1. The Morgan fingerprint density at radius 3 is 2.82 bits per heavy atom. The molecule has 0 bridgehead atoms. The molecule has 1 atom stereocenters. The van der Waals surface area contributed by atoms with Gasteiger partial charge in [0.2, 0.25) is 0 Å². The average Bonchev–Trinajstić information content (AvgIpc) is 3.27. The van der Waals surface area contributed by atoms with Gasteiger partial charge in [0.25, 0.3) is 5.89 Å². The van der Waals surface area contributed by atoms with Gasteiger partial charge in [-0.2, -0.15) is 10.1 Å². The molecular weight excluding hydrogens is 302 g/mol. The van der Waals surface area contributed by atoms with Crippen LogP contribution in [0.1, 0.15) is 56.3 Å². The van der Waals surface area contributed by atoms with Crippen LogP contribution in [0.4, 0.5) is 0 Å². The molecule has 120 valence electrons. The molecule has 4 rings (SSSR count). The molecule has 1 unspecified atom stereocenters. The van der Waals surface area contributed by atoms with Crippen LogP contribution < -0.4 is 5.32 Å². The number of nitrogens with zero attached hydrogens (tertiary/aromatic N) is 4. The molecule has 22 heavy (non-hydrogen) atoms. The van der Waals surface area contributed by atoms with Crippen LogP contribution in [0.5, 0.6) is 0 Å². The summed E-state index contributed by atoms with van der Waals surface area (Å²) in [7, 11) is 0. The van der Waals surface area contributed by atoms with Crippen molar-refractivity contribution in [2.75, 3.05) is 13.1 Å². The van der Waals surface area contributed by atoms with Crippen LogP contribution in [-0.4, -0.2) is 33.0 Å². The molecule has 2 fully saturated rings. The zero-order valence-corrected chi connectivity index (χ0v) is 13.4. The summed E-state index contributed by atoms with van der Waals surface area (Å²) >= 11 is 0. The summed E-state index contributed by atoms with van der Waals surface area (Å²) in [4.78, 5) is 4.55. The van der Waals surface area contributed by atoms with E-state index in [0.717, 1.165) is 24.6 Å². The lowest BCUT2D eigenvalue weighted by Crippen LogP contribution is -2.31. The van der Waals surface area contributed by atoms with Crippen LogP contribution >= 0.6 is 12.4 Å². The van der Waals surface area contributed by atoms with E-state index in [1.807, 2.05) is 16.9 Å². The largest absolute Gasteiger partial charge is 0.332 e. The topological polar surface area (TPSA) is 68.8 Å². The van der Waals surface area contributed by atoms with E-state index in [1.54, 1.807) is 0 Å². The SMILES string of the molecule is Cl.c1cn(C2CCCNC2)nc1-c1nc(C2CCCC2)no1. The quantitative estimate of drug-likeness (QED) is 0.940. The maximum atomic E-state index is 5.41. The molecule has 7 heteroatoms. The van der Waals surface area contributed by atoms with Crippen LogP contribution in [-0.2, 0) is 0 Å². The number of piperidine rings is 1. The van der Waals surface area contributed by atoms with E-state index < -0.39 is 0 Å². The highest BCUT2D eigenvalue weighted by Crippen LogP contribution is 2.33. The molecule has 1 aliphatic heterocycles. The van der Waals surface area contributed by atoms with Crippen molar-refractivity contribution in [3.63, 3.8) is 0 Å². The molecule has 0 spiro atoms. The molecule has 0 radical (unpaired) electrons. The minimum Gasteiger partial charge on any atom is -0.332 e. The Kier molecular flexibility index (Phi) is 4.78. The average molecular weight is 324 g/mol. The summed E-state index contributed by atoms with van der Waals surface area (Å²) in [5, 5.41) is 12.2. The van der Waals surface area contributed by atoms with Gasteiger partial charge in [0.1, 0.15) is 0 Å². The zero-order valence-electron chi connectivity index (χ0n) is 12.6. The van der Waals surface area contributed by atoms with Crippen molar-refractivity contribution >= 4 is 12.4 Å². The summed E-state index contributed by atoms with van der Waals surface area (Å²) < 4.78 is 7.44. The lowest BCUT2D eigenvalue weighted by Gasteiger charge is -2.22. The van der Waals surface area contributed by atoms with Gasteiger partial charge in [-0.15, -0.1) is 12.4 Å². The number of hydrogen-bond donors (Lipinski definition) is 1. The Bertz CT molecular complexity index is 599. The second-order valence-electron chi connectivity index (χ2n) is 6.12. The third-order valence-electron chi connectivity index (χ3n) is 4.63. The van der Waals surface area contributed by atoms with Crippen molar-refractivity contribution in [2.24, 2.45) is 0 Å². The van der Waals surface area contributed by atoms with E-state index >= 15 is 0 Å². The predicted molar refractivity (Wildman–Crippen MR) is 85.1 cm³/mol. The molecule has 1 saturated heterocycles. The van der Waals surface area contributed by atoms with Gasteiger partial charge >= 0.3 is 0 Å². The number of hydrogen-bond acceptors (Lipinski definition) is 5. The summed E-state index contributed by atoms with van der Waals surface area (Å²) in [6, 6.07) is 2.41. The lowest BCUT2D eigenvalue weighted by molar-refractivity contribution is 0.346. The predicted octanol–water partition coefficient (Wildman–Crippen LogP) is 2.94. The van der Waals surface area contributed by atoms with E-state index in [2.05, 4.69) is 20.6 Å². The van der Waals surface area contributed by atoms with Gasteiger partial charge in [0.05, 0.1) is 6.04 Å². The van der Waals surface area contributed by atoms with Gasteiger partial charge in [0.15, 0.2) is 11.5 Å². The number of aromatic nitrogens is 4. The van der Waals surface area contributed by atoms with Crippen LogP contribution in [0.15, 0.2) is 16.8 Å². The maximum Gasteiger partial charge on any atom is 0.278 e. The third-order valence-corrected chi connectivity index (χ3v) is 4.63. The number of rotatable bonds is 3. The summed E-state index contributed by atoms with van der Waals surface area (Å²) in [5.41, 5.74) is 0.789. The molecule has 1 N–H and O–H groups in total. The Hall–Kier alpha value is -1.40. The van der Waals surface area contributed by atoms with Crippen molar-refractivity contribution in [3.05, 3.63) is 18.1 Å². The van der Waals surface area contributed by atoms with Gasteiger partial charge in [0, 0.05) is 18.7 Å². The first-order chi connectivity index (χ1) is 10.4. The zero-order chi connectivity index (χ0) is 14.1. The first-order valence-corrected chi connectivity index (χ1v) is 8.00. The molecule has 3 heterocycles. The second-order valence-corrected chi connectivity index (χ2v) is 6.12. The van der Waals surface area contributed by atoms with Gasteiger partial charge in [-0.05, 0) is 38.3 Å². The van der Waals surface area contributed by atoms with Crippen molar-refractivity contribution in [3.8, 4) is 11.6 Å². The molecule has 1 aliphatic carbocycles. The summed E-state index contributed by atoms with van der Waals surface area (Å²) in [6.45, 7) is 2.09. The van der Waals surface area contributed by atoms with E-state index in [-0.39, 0.29) is 12.4 Å². The number of nitrogens with one attached hydrogen (secondary N) is 1. The Morgan fingerprint density at radius 1 is 1.18 bits per heavy atom. The highest BCUT2D eigenvalue weighted by molar-refractivity contribution is 5.85. The van der Waals surface area contributed by atoms with Crippen LogP contribution in [0.25, 0.3) is 11.6 Å². The molecular formula is C15H22ClN5O. The first-order valence-electron chi connectivity index (χ1n) is 8.00. The fourth-order valence-electron chi connectivity index (χ4n) is 3.40. The molecule has 2 aromatic rings. The fourth-order valence-corrected chi connectivity index (χ4v) is 3.40. The van der Waals surface area contributed by atoms with E-state index in [1.165, 1.54) is 38.5 Å².